The number of cyclic esters (lactones) is 1. The van der Waals surface area contributed by atoms with Crippen LogP contribution in [0, 0.1) is 6.92 Å². The van der Waals surface area contributed by atoms with Crippen molar-refractivity contribution >= 4 is 55.8 Å². The summed E-state index contributed by atoms with van der Waals surface area (Å²) in [6.07, 6.45) is 1.49. The Hall–Kier alpha value is -3.63. The zero-order chi connectivity index (χ0) is 26.7. The Labute approximate surface area is 230 Å². The lowest BCUT2D eigenvalue weighted by molar-refractivity contribution is -0.129. The second-order valence-electron chi connectivity index (χ2n) is 7.82. The van der Waals surface area contributed by atoms with Crippen molar-refractivity contribution in [1.29, 1.82) is 0 Å². The fourth-order valence-electron chi connectivity index (χ4n) is 3.60. The molecule has 0 amide bonds. The van der Waals surface area contributed by atoms with Crippen LogP contribution in [0.3, 0.4) is 0 Å². The summed E-state index contributed by atoms with van der Waals surface area (Å²) in [5, 5.41) is 0. The van der Waals surface area contributed by atoms with Gasteiger partial charge >= 0.3 is 11.9 Å². The van der Waals surface area contributed by atoms with E-state index in [1.807, 2.05) is 13.0 Å². The number of aliphatic imine (C=N–C) groups is 1. The van der Waals surface area contributed by atoms with E-state index in [-0.39, 0.29) is 17.3 Å². The summed E-state index contributed by atoms with van der Waals surface area (Å²) in [6.45, 7) is 1.89. The Morgan fingerprint density at radius 1 is 0.946 bits per heavy atom. The first kappa shape index (κ1) is 26.4. The Bertz CT molecular complexity index is 1440. The molecule has 0 N–H and O–H groups in total. The Morgan fingerprint density at radius 3 is 2.27 bits per heavy atom. The molecule has 0 saturated heterocycles. The molecule has 0 saturated carbocycles. The third kappa shape index (κ3) is 5.70. The summed E-state index contributed by atoms with van der Waals surface area (Å²) in [4.78, 5) is 29.9. The van der Waals surface area contributed by atoms with Crippen molar-refractivity contribution in [1.82, 2.24) is 0 Å². The van der Waals surface area contributed by atoms with Crippen LogP contribution in [0.1, 0.15) is 27.0 Å². The third-order valence-corrected chi connectivity index (χ3v) is 6.36. The second kappa shape index (κ2) is 11.2. The van der Waals surface area contributed by atoms with Crippen LogP contribution in [0.2, 0.25) is 0 Å². The third-order valence-electron chi connectivity index (χ3n) is 5.31. The van der Waals surface area contributed by atoms with Crippen LogP contribution in [0.15, 0.2) is 68.2 Å². The number of hydrogen-bond acceptors (Lipinski definition) is 8. The maximum absolute atomic E-state index is 12.8. The van der Waals surface area contributed by atoms with Gasteiger partial charge in [0, 0.05) is 15.6 Å². The summed E-state index contributed by atoms with van der Waals surface area (Å²) < 4.78 is 28.4. The molecule has 0 spiro atoms. The highest BCUT2D eigenvalue weighted by atomic mass is 79.9. The summed E-state index contributed by atoms with van der Waals surface area (Å²) in [5.41, 5.74) is 2.23. The molecule has 1 aliphatic rings. The van der Waals surface area contributed by atoms with Crippen molar-refractivity contribution < 1.29 is 33.3 Å². The second-order valence-corrected chi connectivity index (χ2v) is 9.59. The van der Waals surface area contributed by atoms with E-state index < -0.39 is 11.9 Å². The number of methoxy groups -OCH3 is 3. The average Bonchev–Trinajstić information content (AvgIpc) is 3.24. The van der Waals surface area contributed by atoms with Crippen molar-refractivity contribution in [3.05, 3.63) is 85.4 Å². The highest BCUT2D eigenvalue weighted by molar-refractivity contribution is 9.11. The van der Waals surface area contributed by atoms with Crippen LogP contribution in [0.5, 0.6) is 23.0 Å². The fourth-order valence-corrected chi connectivity index (χ4v) is 4.94. The van der Waals surface area contributed by atoms with Gasteiger partial charge in [0.05, 0.1) is 31.4 Å². The first-order valence-corrected chi connectivity index (χ1v) is 12.4. The number of halogens is 2. The predicted molar refractivity (Wildman–Crippen MR) is 145 cm³/mol. The molecule has 1 heterocycles. The fraction of sp³-hybridized carbons (Fsp3) is 0.148. The van der Waals surface area contributed by atoms with Gasteiger partial charge in [0.15, 0.2) is 22.9 Å². The van der Waals surface area contributed by atoms with Crippen molar-refractivity contribution in [3.8, 4) is 23.0 Å². The van der Waals surface area contributed by atoms with Crippen molar-refractivity contribution in [2.24, 2.45) is 4.99 Å². The van der Waals surface area contributed by atoms with Gasteiger partial charge in [0.2, 0.25) is 11.6 Å². The molecule has 0 aliphatic carbocycles. The predicted octanol–water partition coefficient (Wildman–Crippen LogP) is 6.11. The Kier molecular flexibility index (Phi) is 7.99. The van der Waals surface area contributed by atoms with Gasteiger partial charge in [-0.1, -0.05) is 33.6 Å². The molecule has 3 aromatic rings. The van der Waals surface area contributed by atoms with Crippen LogP contribution in [-0.4, -0.2) is 39.2 Å². The molecule has 0 aromatic heterocycles. The summed E-state index contributed by atoms with van der Waals surface area (Å²) >= 11 is 6.88. The zero-order valence-corrected chi connectivity index (χ0v) is 23.4. The molecule has 8 nitrogen and oxygen atoms in total. The van der Waals surface area contributed by atoms with Crippen molar-refractivity contribution in [3.63, 3.8) is 0 Å². The SMILES string of the molecule is COc1cc(C2=N/C(=C\c3cc(Br)cc(Br)c3OC(=O)c3cccc(C)c3)C(=O)O2)cc(OC)c1OC. The first-order valence-electron chi connectivity index (χ1n) is 10.8. The molecule has 0 bridgehead atoms. The average molecular weight is 631 g/mol. The molecule has 0 unspecified atom stereocenters. The van der Waals surface area contributed by atoms with Crippen LogP contribution in [0.25, 0.3) is 6.08 Å². The number of carbonyl (C=O) groups excluding carboxylic acids is 2. The Balaban J connectivity index is 1.73. The van der Waals surface area contributed by atoms with Crippen molar-refractivity contribution in [2.75, 3.05) is 21.3 Å². The minimum atomic E-state index is -0.671. The molecular weight excluding hydrogens is 610 g/mol. The monoisotopic (exact) mass is 629 g/mol. The largest absolute Gasteiger partial charge is 0.493 e. The van der Waals surface area contributed by atoms with E-state index in [4.69, 9.17) is 23.7 Å². The number of carbonyl (C=O) groups is 2. The van der Waals surface area contributed by atoms with E-state index >= 15 is 0 Å². The summed E-state index contributed by atoms with van der Waals surface area (Å²) in [5.74, 6) is 0.240. The highest BCUT2D eigenvalue weighted by Crippen LogP contribution is 2.40. The van der Waals surface area contributed by atoms with E-state index in [1.165, 1.54) is 27.4 Å². The summed E-state index contributed by atoms with van der Waals surface area (Å²) in [7, 11) is 4.46. The smallest absolute Gasteiger partial charge is 0.363 e. The van der Waals surface area contributed by atoms with E-state index in [0.29, 0.717) is 42.9 Å². The van der Waals surface area contributed by atoms with E-state index in [0.717, 1.165) is 5.56 Å². The number of esters is 2. The molecule has 0 atom stereocenters. The zero-order valence-electron chi connectivity index (χ0n) is 20.3. The molecule has 0 fully saturated rings. The quantitative estimate of drug-likeness (QED) is 0.177. The molecule has 1 aliphatic heterocycles. The summed E-state index contributed by atoms with van der Waals surface area (Å²) in [6, 6.07) is 13.8. The minimum absolute atomic E-state index is 0.0154. The van der Waals surface area contributed by atoms with Gasteiger partial charge in [-0.05, 0) is 65.3 Å². The molecule has 10 heteroatoms. The van der Waals surface area contributed by atoms with Crippen LogP contribution >= 0.6 is 31.9 Å². The lowest BCUT2D eigenvalue weighted by Gasteiger charge is -2.13. The number of benzene rings is 3. The molecule has 0 radical (unpaired) electrons. The standard InChI is InChI=1S/C27H21Br2NO7/c1-14-6-5-7-15(8-14)26(31)36-23-16(9-18(28)13-19(23)29)10-20-27(32)37-25(30-20)17-11-21(33-2)24(35-4)22(12-17)34-3/h5-13H,1-4H3/b20-10-. The number of ether oxygens (including phenoxy) is 5. The van der Waals surface area contributed by atoms with Crippen LogP contribution < -0.4 is 18.9 Å². The molecular formula is C27H21Br2NO7. The lowest BCUT2D eigenvalue weighted by atomic mass is 10.1. The van der Waals surface area contributed by atoms with E-state index in [2.05, 4.69) is 36.9 Å². The maximum atomic E-state index is 12.8. The van der Waals surface area contributed by atoms with Gasteiger partial charge in [-0.25, -0.2) is 14.6 Å². The molecule has 3 aromatic carbocycles. The molecule has 37 heavy (non-hydrogen) atoms. The maximum Gasteiger partial charge on any atom is 0.363 e. The topological polar surface area (TPSA) is 92.7 Å². The number of nitrogens with zero attached hydrogens (tertiary/aromatic N) is 1. The molecule has 4 rings (SSSR count). The van der Waals surface area contributed by atoms with Gasteiger partial charge in [0.25, 0.3) is 0 Å². The van der Waals surface area contributed by atoms with E-state index in [9.17, 15) is 9.59 Å². The van der Waals surface area contributed by atoms with Gasteiger partial charge in [-0.2, -0.15) is 0 Å². The van der Waals surface area contributed by atoms with E-state index in [1.54, 1.807) is 42.5 Å². The normalized spacial score (nSPS) is 13.7. The molecule has 190 valence electrons. The first-order chi connectivity index (χ1) is 17.7. The van der Waals surface area contributed by atoms with Crippen LogP contribution in [-0.2, 0) is 9.53 Å². The number of hydrogen-bond donors (Lipinski definition) is 0. The number of rotatable bonds is 7. The minimum Gasteiger partial charge on any atom is -0.493 e. The van der Waals surface area contributed by atoms with Gasteiger partial charge in [-0.15, -0.1) is 0 Å². The van der Waals surface area contributed by atoms with Crippen molar-refractivity contribution in [2.45, 2.75) is 6.92 Å². The van der Waals surface area contributed by atoms with Gasteiger partial charge in [-0.3, -0.25) is 0 Å². The van der Waals surface area contributed by atoms with Gasteiger partial charge < -0.3 is 23.7 Å². The highest BCUT2D eigenvalue weighted by Gasteiger charge is 2.27. The van der Waals surface area contributed by atoms with Gasteiger partial charge in [0.1, 0.15) is 0 Å². The Morgan fingerprint density at radius 2 is 1.65 bits per heavy atom. The lowest BCUT2D eigenvalue weighted by Crippen LogP contribution is -2.10. The van der Waals surface area contributed by atoms with Crippen LogP contribution in [0.4, 0.5) is 0 Å². The number of aryl methyl sites for hydroxylation is 1.